The Morgan fingerprint density at radius 1 is 1.62 bits per heavy atom. The summed E-state index contributed by atoms with van der Waals surface area (Å²) in [7, 11) is 0. The number of nitrogens with one attached hydrogen (secondary N) is 1. The van der Waals surface area contributed by atoms with Crippen LogP contribution < -0.4 is 5.32 Å². The van der Waals surface area contributed by atoms with E-state index in [4.69, 9.17) is 5.11 Å². The molecule has 0 aromatic carbocycles. The number of rotatable bonds is 2. The molecule has 1 saturated heterocycles. The lowest BCUT2D eigenvalue weighted by atomic mass is 10.1. The van der Waals surface area contributed by atoms with E-state index in [0.717, 1.165) is 25.9 Å². The van der Waals surface area contributed by atoms with E-state index in [2.05, 4.69) is 5.32 Å². The van der Waals surface area contributed by atoms with Gasteiger partial charge in [-0.25, -0.2) is 4.79 Å². The second-order valence-electron chi connectivity index (χ2n) is 3.78. The lowest BCUT2D eigenvalue weighted by Crippen LogP contribution is -2.51. The molecule has 0 aromatic rings. The van der Waals surface area contributed by atoms with Gasteiger partial charge in [-0.2, -0.15) is 0 Å². The van der Waals surface area contributed by atoms with E-state index in [1.165, 1.54) is 0 Å². The van der Waals surface area contributed by atoms with E-state index in [9.17, 15) is 4.79 Å². The summed E-state index contributed by atoms with van der Waals surface area (Å²) in [5.41, 5.74) is 0. The number of hydrogen-bond acceptors (Lipinski definition) is 2. The molecule has 1 aliphatic rings. The molecular formula is C9H18N2O2. The number of hydrogen-bond donors (Lipinski definition) is 2. The molecule has 1 heterocycles. The first-order valence-corrected chi connectivity index (χ1v) is 4.85. The fourth-order valence-electron chi connectivity index (χ4n) is 1.87. The van der Waals surface area contributed by atoms with Crippen molar-refractivity contribution >= 4 is 6.09 Å². The average molecular weight is 186 g/mol. The molecule has 1 rings (SSSR count). The molecule has 0 spiro atoms. The van der Waals surface area contributed by atoms with Gasteiger partial charge in [-0.15, -0.1) is 0 Å². The number of piperidine rings is 1. The molecule has 1 unspecified atom stereocenters. The number of amides is 1. The molecule has 1 amide bonds. The van der Waals surface area contributed by atoms with Crippen LogP contribution in [-0.4, -0.2) is 41.3 Å². The minimum Gasteiger partial charge on any atom is -0.465 e. The van der Waals surface area contributed by atoms with Crippen molar-refractivity contribution in [3.63, 3.8) is 0 Å². The van der Waals surface area contributed by atoms with Crippen LogP contribution in [0.15, 0.2) is 0 Å². The van der Waals surface area contributed by atoms with E-state index < -0.39 is 6.09 Å². The van der Waals surface area contributed by atoms with E-state index in [0.29, 0.717) is 0 Å². The van der Waals surface area contributed by atoms with Crippen LogP contribution >= 0.6 is 0 Å². The molecule has 0 aromatic heterocycles. The highest BCUT2D eigenvalue weighted by atomic mass is 16.4. The normalized spacial score (nSPS) is 23.2. The van der Waals surface area contributed by atoms with Gasteiger partial charge in [0.25, 0.3) is 0 Å². The van der Waals surface area contributed by atoms with Crippen LogP contribution in [0.25, 0.3) is 0 Å². The zero-order valence-electron chi connectivity index (χ0n) is 8.29. The molecule has 1 atom stereocenters. The van der Waals surface area contributed by atoms with E-state index in [1.807, 2.05) is 13.8 Å². The van der Waals surface area contributed by atoms with Crippen LogP contribution in [0.2, 0.25) is 0 Å². The molecule has 1 aliphatic heterocycles. The third kappa shape index (κ3) is 2.59. The van der Waals surface area contributed by atoms with Crippen LogP contribution in [0.5, 0.6) is 0 Å². The second kappa shape index (κ2) is 4.46. The predicted octanol–water partition coefficient (Wildman–Crippen LogP) is 1.13. The summed E-state index contributed by atoms with van der Waals surface area (Å²) in [4.78, 5) is 12.5. The van der Waals surface area contributed by atoms with E-state index in [-0.39, 0.29) is 12.1 Å². The fraction of sp³-hybridized carbons (Fsp3) is 0.889. The van der Waals surface area contributed by atoms with Crippen molar-refractivity contribution in [2.75, 3.05) is 13.1 Å². The summed E-state index contributed by atoms with van der Waals surface area (Å²) in [6.07, 6.45) is 1.25. The van der Waals surface area contributed by atoms with Gasteiger partial charge in [0.1, 0.15) is 0 Å². The molecule has 2 N–H and O–H groups in total. The summed E-state index contributed by atoms with van der Waals surface area (Å²) in [5, 5.41) is 12.2. The lowest BCUT2D eigenvalue weighted by Gasteiger charge is -2.35. The highest BCUT2D eigenvalue weighted by molar-refractivity contribution is 5.65. The van der Waals surface area contributed by atoms with Crippen molar-refractivity contribution in [2.45, 2.75) is 38.8 Å². The molecular weight excluding hydrogens is 168 g/mol. The van der Waals surface area contributed by atoms with Gasteiger partial charge < -0.3 is 15.3 Å². The summed E-state index contributed by atoms with van der Waals surface area (Å²) in [6, 6.07) is 0.230. The second-order valence-corrected chi connectivity index (χ2v) is 3.78. The third-order valence-corrected chi connectivity index (χ3v) is 2.44. The molecule has 4 heteroatoms. The van der Waals surface area contributed by atoms with Crippen molar-refractivity contribution in [3.8, 4) is 0 Å². The van der Waals surface area contributed by atoms with Crippen molar-refractivity contribution in [3.05, 3.63) is 0 Å². The first-order chi connectivity index (χ1) is 6.13. The average Bonchev–Trinajstić information content (AvgIpc) is 2.04. The number of nitrogens with zero attached hydrogens (tertiary/aromatic N) is 1. The van der Waals surface area contributed by atoms with Gasteiger partial charge in [0, 0.05) is 18.6 Å². The van der Waals surface area contributed by atoms with Gasteiger partial charge in [0.2, 0.25) is 0 Å². The lowest BCUT2D eigenvalue weighted by molar-refractivity contribution is 0.0975. The first-order valence-electron chi connectivity index (χ1n) is 4.85. The zero-order valence-corrected chi connectivity index (χ0v) is 8.29. The Balaban J connectivity index is 2.57. The molecule has 4 nitrogen and oxygen atoms in total. The molecule has 0 bridgehead atoms. The Bertz CT molecular complexity index is 176. The van der Waals surface area contributed by atoms with Gasteiger partial charge in [-0.3, -0.25) is 0 Å². The Morgan fingerprint density at radius 3 is 2.69 bits per heavy atom. The van der Waals surface area contributed by atoms with Crippen LogP contribution in [0.4, 0.5) is 4.79 Å². The van der Waals surface area contributed by atoms with E-state index >= 15 is 0 Å². The molecule has 0 radical (unpaired) electrons. The third-order valence-electron chi connectivity index (χ3n) is 2.44. The van der Waals surface area contributed by atoms with Gasteiger partial charge in [0.15, 0.2) is 0 Å². The molecule has 0 saturated carbocycles. The maximum absolute atomic E-state index is 10.9. The SMILES string of the molecule is CC(C)N(C(=O)O)C1CCCNC1. The predicted molar refractivity (Wildman–Crippen MR) is 50.9 cm³/mol. The minimum absolute atomic E-state index is 0.0717. The maximum Gasteiger partial charge on any atom is 0.407 e. The summed E-state index contributed by atoms with van der Waals surface area (Å²) < 4.78 is 0. The van der Waals surface area contributed by atoms with Crippen molar-refractivity contribution in [2.24, 2.45) is 0 Å². The number of carbonyl (C=O) groups is 1. The monoisotopic (exact) mass is 186 g/mol. The molecule has 1 fully saturated rings. The Hall–Kier alpha value is -0.770. The van der Waals surface area contributed by atoms with Crippen molar-refractivity contribution in [1.29, 1.82) is 0 Å². The van der Waals surface area contributed by atoms with Crippen LogP contribution in [0.1, 0.15) is 26.7 Å². The smallest absolute Gasteiger partial charge is 0.407 e. The van der Waals surface area contributed by atoms with Crippen LogP contribution in [0.3, 0.4) is 0 Å². The van der Waals surface area contributed by atoms with Crippen LogP contribution in [0, 0.1) is 0 Å². The highest BCUT2D eigenvalue weighted by Crippen LogP contribution is 2.13. The summed E-state index contributed by atoms with van der Waals surface area (Å²) in [5.74, 6) is 0. The molecule has 0 aliphatic carbocycles. The fourth-order valence-corrected chi connectivity index (χ4v) is 1.87. The maximum atomic E-state index is 10.9. The van der Waals surface area contributed by atoms with Crippen molar-refractivity contribution in [1.82, 2.24) is 10.2 Å². The highest BCUT2D eigenvalue weighted by Gasteiger charge is 2.26. The largest absolute Gasteiger partial charge is 0.465 e. The van der Waals surface area contributed by atoms with Crippen LogP contribution in [-0.2, 0) is 0 Å². The van der Waals surface area contributed by atoms with Gasteiger partial charge in [-0.05, 0) is 33.2 Å². The van der Waals surface area contributed by atoms with Gasteiger partial charge >= 0.3 is 6.09 Å². The minimum atomic E-state index is -0.802. The zero-order chi connectivity index (χ0) is 9.84. The Labute approximate surface area is 78.9 Å². The standard InChI is InChI=1S/C9H18N2O2/c1-7(2)11(9(12)13)8-4-3-5-10-6-8/h7-8,10H,3-6H2,1-2H3,(H,12,13). The first kappa shape index (κ1) is 10.3. The molecule has 13 heavy (non-hydrogen) atoms. The van der Waals surface area contributed by atoms with E-state index in [1.54, 1.807) is 4.90 Å². The molecule has 76 valence electrons. The summed E-state index contributed by atoms with van der Waals surface area (Å²) >= 11 is 0. The number of carboxylic acid groups (broad SMARTS) is 1. The van der Waals surface area contributed by atoms with Gasteiger partial charge in [-0.1, -0.05) is 0 Å². The van der Waals surface area contributed by atoms with Crippen molar-refractivity contribution < 1.29 is 9.90 Å². The summed E-state index contributed by atoms with van der Waals surface area (Å²) in [6.45, 7) is 5.65. The topological polar surface area (TPSA) is 52.6 Å². The quantitative estimate of drug-likeness (QED) is 0.679. The Kier molecular flexibility index (Phi) is 3.54. The van der Waals surface area contributed by atoms with Gasteiger partial charge in [0.05, 0.1) is 0 Å². The Morgan fingerprint density at radius 2 is 2.31 bits per heavy atom.